The lowest BCUT2D eigenvalue weighted by Gasteiger charge is -2.26. The molecule has 1 rings (SSSR count). The lowest BCUT2D eigenvalue weighted by atomic mass is 9.96. The molecule has 2 atom stereocenters. The fourth-order valence-corrected chi connectivity index (χ4v) is 2.18. The van der Waals surface area contributed by atoms with Crippen molar-refractivity contribution in [2.24, 2.45) is 11.8 Å². The Morgan fingerprint density at radius 1 is 1.44 bits per heavy atom. The first-order valence-corrected chi connectivity index (χ1v) is 6.31. The van der Waals surface area contributed by atoms with E-state index in [1.165, 1.54) is 0 Å². The summed E-state index contributed by atoms with van der Waals surface area (Å²) in [5.41, 5.74) is 0. The molecule has 16 heavy (non-hydrogen) atoms. The van der Waals surface area contributed by atoms with Gasteiger partial charge in [0.1, 0.15) is 0 Å². The van der Waals surface area contributed by atoms with Crippen LogP contribution in [0.1, 0.15) is 26.7 Å². The predicted octanol–water partition coefficient (Wildman–Crippen LogP) is 0.463. The van der Waals surface area contributed by atoms with Crippen LogP contribution in [0.3, 0.4) is 0 Å². The van der Waals surface area contributed by atoms with Crippen LogP contribution in [0.25, 0.3) is 0 Å². The lowest BCUT2D eigenvalue weighted by molar-refractivity contribution is -0.136. The van der Waals surface area contributed by atoms with Crippen molar-refractivity contribution in [1.29, 1.82) is 0 Å². The molecule has 0 aromatic rings. The number of aliphatic hydroxyl groups is 1. The minimum absolute atomic E-state index is 0.0595. The van der Waals surface area contributed by atoms with E-state index in [4.69, 9.17) is 5.11 Å². The quantitative estimate of drug-likeness (QED) is 0.694. The van der Waals surface area contributed by atoms with Crippen LogP contribution in [0.5, 0.6) is 0 Å². The van der Waals surface area contributed by atoms with Crippen molar-refractivity contribution in [3.05, 3.63) is 0 Å². The Bertz CT molecular complexity index is 221. The third kappa shape index (κ3) is 3.46. The molecule has 0 bridgehead atoms. The number of rotatable bonds is 6. The second-order valence-electron chi connectivity index (χ2n) is 4.64. The van der Waals surface area contributed by atoms with Crippen molar-refractivity contribution in [3.63, 3.8) is 0 Å². The summed E-state index contributed by atoms with van der Waals surface area (Å²) >= 11 is 0. The van der Waals surface area contributed by atoms with Crippen LogP contribution in [-0.4, -0.2) is 48.7 Å². The first-order chi connectivity index (χ1) is 7.70. The SMILES string of the molecule is CCCCN(CCO)C(=O)[C@@H]1CNC[C@H]1C. The number of carbonyl (C=O) groups is 1. The summed E-state index contributed by atoms with van der Waals surface area (Å²) < 4.78 is 0. The number of carbonyl (C=O) groups excluding carboxylic acids is 1. The van der Waals surface area contributed by atoms with Crippen LogP contribution < -0.4 is 5.32 Å². The highest BCUT2D eigenvalue weighted by atomic mass is 16.3. The average molecular weight is 228 g/mol. The molecule has 0 unspecified atom stereocenters. The van der Waals surface area contributed by atoms with Gasteiger partial charge in [0.25, 0.3) is 0 Å². The third-order valence-electron chi connectivity index (χ3n) is 3.30. The van der Waals surface area contributed by atoms with Crippen LogP contribution in [0.2, 0.25) is 0 Å². The number of unbranched alkanes of at least 4 members (excludes halogenated alkanes) is 1. The molecule has 2 N–H and O–H groups in total. The maximum atomic E-state index is 12.2. The Balaban J connectivity index is 2.51. The van der Waals surface area contributed by atoms with E-state index in [-0.39, 0.29) is 18.4 Å². The number of nitrogens with one attached hydrogen (secondary N) is 1. The Morgan fingerprint density at radius 2 is 2.19 bits per heavy atom. The van der Waals surface area contributed by atoms with Gasteiger partial charge < -0.3 is 15.3 Å². The molecule has 1 aliphatic heterocycles. The molecule has 1 aliphatic rings. The number of nitrogens with zero attached hydrogens (tertiary/aromatic N) is 1. The van der Waals surface area contributed by atoms with E-state index in [1.807, 2.05) is 4.90 Å². The summed E-state index contributed by atoms with van der Waals surface area (Å²) in [4.78, 5) is 14.0. The molecule has 0 aromatic carbocycles. The molecule has 0 aromatic heterocycles. The van der Waals surface area contributed by atoms with E-state index in [1.54, 1.807) is 0 Å². The van der Waals surface area contributed by atoms with Gasteiger partial charge >= 0.3 is 0 Å². The first-order valence-electron chi connectivity index (χ1n) is 6.31. The molecule has 1 fully saturated rings. The molecule has 1 saturated heterocycles. The molecule has 0 aliphatic carbocycles. The number of hydrogen-bond acceptors (Lipinski definition) is 3. The Hall–Kier alpha value is -0.610. The van der Waals surface area contributed by atoms with Crippen LogP contribution in [-0.2, 0) is 4.79 Å². The van der Waals surface area contributed by atoms with E-state index in [0.717, 1.165) is 32.5 Å². The largest absolute Gasteiger partial charge is 0.395 e. The Kier molecular flexibility index (Phi) is 5.77. The van der Waals surface area contributed by atoms with Gasteiger partial charge in [0.05, 0.1) is 12.5 Å². The zero-order chi connectivity index (χ0) is 12.0. The topological polar surface area (TPSA) is 52.6 Å². The van der Waals surface area contributed by atoms with Gasteiger partial charge in [-0.2, -0.15) is 0 Å². The minimum Gasteiger partial charge on any atom is -0.395 e. The average Bonchev–Trinajstić information content (AvgIpc) is 2.69. The van der Waals surface area contributed by atoms with E-state index in [9.17, 15) is 4.79 Å². The molecule has 4 heteroatoms. The van der Waals surface area contributed by atoms with Gasteiger partial charge in [0, 0.05) is 19.6 Å². The van der Waals surface area contributed by atoms with Crippen LogP contribution in [0.15, 0.2) is 0 Å². The van der Waals surface area contributed by atoms with E-state index >= 15 is 0 Å². The third-order valence-corrected chi connectivity index (χ3v) is 3.30. The summed E-state index contributed by atoms with van der Waals surface area (Å²) in [5, 5.41) is 12.2. The fraction of sp³-hybridized carbons (Fsp3) is 0.917. The summed E-state index contributed by atoms with van der Waals surface area (Å²) in [7, 11) is 0. The maximum Gasteiger partial charge on any atom is 0.227 e. The molecule has 1 heterocycles. The highest BCUT2D eigenvalue weighted by Crippen LogP contribution is 2.18. The van der Waals surface area contributed by atoms with Crippen molar-refractivity contribution < 1.29 is 9.90 Å². The van der Waals surface area contributed by atoms with Gasteiger partial charge in [-0.1, -0.05) is 20.3 Å². The molecule has 4 nitrogen and oxygen atoms in total. The van der Waals surface area contributed by atoms with Gasteiger partial charge in [0.15, 0.2) is 0 Å². The van der Waals surface area contributed by atoms with Crippen molar-refractivity contribution in [2.75, 3.05) is 32.8 Å². The van der Waals surface area contributed by atoms with Crippen molar-refractivity contribution in [2.45, 2.75) is 26.7 Å². The second kappa shape index (κ2) is 6.86. The molecule has 1 amide bonds. The predicted molar refractivity (Wildman–Crippen MR) is 64.1 cm³/mol. The molecule has 0 spiro atoms. The summed E-state index contributed by atoms with van der Waals surface area (Å²) in [6.45, 7) is 7.25. The highest BCUT2D eigenvalue weighted by molar-refractivity contribution is 5.79. The zero-order valence-corrected chi connectivity index (χ0v) is 10.4. The standard InChI is InChI=1S/C12H24N2O2/c1-3-4-5-14(6-7-15)12(16)11-9-13-8-10(11)2/h10-11,13,15H,3-9H2,1-2H3/t10-,11-/m1/s1. The van der Waals surface area contributed by atoms with E-state index < -0.39 is 0 Å². The second-order valence-corrected chi connectivity index (χ2v) is 4.64. The molecule has 0 radical (unpaired) electrons. The smallest absolute Gasteiger partial charge is 0.227 e. The van der Waals surface area contributed by atoms with Gasteiger partial charge in [-0.15, -0.1) is 0 Å². The molecular formula is C12H24N2O2. The van der Waals surface area contributed by atoms with E-state index in [2.05, 4.69) is 19.2 Å². The highest BCUT2D eigenvalue weighted by Gasteiger charge is 2.32. The Labute approximate surface area is 98.0 Å². The molecule has 0 saturated carbocycles. The lowest BCUT2D eigenvalue weighted by Crippen LogP contribution is -2.41. The molecule has 94 valence electrons. The summed E-state index contributed by atoms with van der Waals surface area (Å²) in [6.07, 6.45) is 2.09. The monoisotopic (exact) mass is 228 g/mol. The number of amides is 1. The maximum absolute atomic E-state index is 12.2. The zero-order valence-electron chi connectivity index (χ0n) is 10.4. The van der Waals surface area contributed by atoms with Crippen LogP contribution >= 0.6 is 0 Å². The summed E-state index contributed by atoms with van der Waals surface area (Å²) in [6, 6.07) is 0. The van der Waals surface area contributed by atoms with Crippen LogP contribution in [0, 0.1) is 11.8 Å². The van der Waals surface area contributed by atoms with Crippen molar-refractivity contribution in [1.82, 2.24) is 10.2 Å². The van der Waals surface area contributed by atoms with Crippen molar-refractivity contribution in [3.8, 4) is 0 Å². The minimum atomic E-state index is 0.0595. The van der Waals surface area contributed by atoms with Gasteiger partial charge in [-0.05, 0) is 18.9 Å². The number of aliphatic hydroxyl groups excluding tert-OH is 1. The number of hydrogen-bond donors (Lipinski definition) is 2. The first kappa shape index (κ1) is 13.5. The molecular weight excluding hydrogens is 204 g/mol. The van der Waals surface area contributed by atoms with Crippen molar-refractivity contribution >= 4 is 5.91 Å². The van der Waals surface area contributed by atoms with Crippen LogP contribution in [0.4, 0.5) is 0 Å². The van der Waals surface area contributed by atoms with Gasteiger partial charge in [-0.25, -0.2) is 0 Å². The Morgan fingerprint density at radius 3 is 2.69 bits per heavy atom. The van der Waals surface area contributed by atoms with Gasteiger partial charge in [-0.3, -0.25) is 4.79 Å². The summed E-state index contributed by atoms with van der Waals surface area (Å²) in [5.74, 6) is 0.721. The van der Waals surface area contributed by atoms with E-state index in [0.29, 0.717) is 12.5 Å². The normalized spacial score (nSPS) is 24.7. The van der Waals surface area contributed by atoms with Gasteiger partial charge in [0.2, 0.25) is 5.91 Å². The fourth-order valence-electron chi connectivity index (χ4n) is 2.18.